The highest BCUT2D eigenvalue weighted by Gasteiger charge is 2.26. The molecule has 1 saturated heterocycles. The lowest BCUT2D eigenvalue weighted by atomic mass is 9.87. The summed E-state index contributed by atoms with van der Waals surface area (Å²) in [6, 6.07) is 5.83. The van der Waals surface area contributed by atoms with E-state index in [1.54, 1.807) is 6.20 Å². The molecule has 4 aromatic rings. The van der Waals surface area contributed by atoms with E-state index in [4.69, 9.17) is 0 Å². The quantitative estimate of drug-likeness (QED) is 0.488. The van der Waals surface area contributed by atoms with Gasteiger partial charge in [0.25, 0.3) is 0 Å². The molecule has 1 aliphatic rings. The van der Waals surface area contributed by atoms with Crippen LogP contribution in [0.25, 0.3) is 16.7 Å². The van der Waals surface area contributed by atoms with Gasteiger partial charge in [-0.05, 0) is 37.1 Å². The summed E-state index contributed by atoms with van der Waals surface area (Å²) < 4.78 is 2.24. The van der Waals surface area contributed by atoms with Crippen LogP contribution in [0.1, 0.15) is 30.8 Å². The van der Waals surface area contributed by atoms with E-state index in [0.29, 0.717) is 18.3 Å². The monoisotopic (exact) mass is 364 g/mol. The fraction of sp³-hybridized carbons (Fsp3) is 0.350. The van der Waals surface area contributed by atoms with Crippen LogP contribution in [0.3, 0.4) is 0 Å². The van der Waals surface area contributed by atoms with E-state index in [9.17, 15) is 4.79 Å². The van der Waals surface area contributed by atoms with E-state index in [-0.39, 0.29) is 0 Å². The van der Waals surface area contributed by atoms with Crippen molar-refractivity contribution in [2.75, 3.05) is 13.1 Å². The molecule has 0 amide bonds. The Morgan fingerprint density at radius 3 is 2.89 bits per heavy atom. The van der Waals surface area contributed by atoms with E-state index in [1.165, 1.54) is 6.42 Å². The van der Waals surface area contributed by atoms with Crippen LogP contribution in [0.4, 0.5) is 0 Å². The number of nitrogens with one attached hydrogen (secondary N) is 3. The summed E-state index contributed by atoms with van der Waals surface area (Å²) in [7, 11) is 0. The Balaban J connectivity index is 0.000000190. The lowest BCUT2D eigenvalue weighted by Crippen LogP contribution is -2.34. The van der Waals surface area contributed by atoms with Gasteiger partial charge in [0.2, 0.25) is 0 Å². The van der Waals surface area contributed by atoms with E-state index < -0.39 is 0 Å². The van der Waals surface area contributed by atoms with Gasteiger partial charge in [-0.15, -0.1) is 0 Å². The molecule has 27 heavy (non-hydrogen) atoms. The van der Waals surface area contributed by atoms with Gasteiger partial charge in [-0.3, -0.25) is 4.40 Å². The molecule has 0 aromatic carbocycles. The highest BCUT2D eigenvalue weighted by Crippen LogP contribution is 2.29. The summed E-state index contributed by atoms with van der Waals surface area (Å²) in [4.78, 5) is 25.0. The second kappa shape index (κ2) is 7.75. The maximum Gasteiger partial charge on any atom is 0.154 e. The Morgan fingerprint density at radius 1 is 1.22 bits per heavy atom. The van der Waals surface area contributed by atoms with Crippen molar-refractivity contribution >= 4 is 23.0 Å². The number of rotatable bonds is 3. The third kappa shape index (κ3) is 3.50. The first-order valence-corrected chi connectivity index (χ1v) is 9.34. The summed E-state index contributed by atoms with van der Waals surface area (Å²) in [6.07, 6.45) is 10.1. The number of imidazole rings is 1. The van der Waals surface area contributed by atoms with Crippen LogP contribution in [-0.2, 0) is 11.2 Å². The number of piperidine rings is 1. The van der Waals surface area contributed by atoms with Crippen LogP contribution in [-0.4, -0.2) is 43.7 Å². The van der Waals surface area contributed by atoms with Gasteiger partial charge in [0, 0.05) is 37.0 Å². The van der Waals surface area contributed by atoms with Crippen LogP contribution < -0.4 is 5.32 Å². The number of carbonyl (C=O) groups is 1. The predicted molar refractivity (Wildman–Crippen MR) is 105 cm³/mol. The Hall–Kier alpha value is -2.93. The number of fused-ring (bicyclic) bond motifs is 3. The van der Waals surface area contributed by atoms with Crippen molar-refractivity contribution in [3.05, 3.63) is 54.5 Å². The lowest BCUT2D eigenvalue weighted by Gasteiger charge is -2.28. The molecule has 7 heteroatoms. The number of aromatic nitrogens is 5. The number of hydrogen-bond acceptors (Lipinski definition) is 4. The maximum atomic E-state index is 9.85. The van der Waals surface area contributed by atoms with Gasteiger partial charge in [-0.25, -0.2) is 9.97 Å². The molecule has 1 fully saturated rings. The first-order chi connectivity index (χ1) is 13.3. The summed E-state index contributed by atoms with van der Waals surface area (Å²) in [5, 5.41) is 3.48. The summed E-state index contributed by atoms with van der Waals surface area (Å²) in [6.45, 7) is 4.44. The average molecular weight is 364 g/mol. The highest BCUT2D eigenvalue weighted by atomic mass is 16.1. The molecule has 1 aliphatic heterocycles. The lowest BCUT2D eigenvalue weighted by molar-refractivity contribution is -0.107. The second-order valence-electron chi connectivity index (χ2n) is 6.99. The van der Waals surface area contributed by atoms with E-state index in [0.717, 1.165) is 47.6 Å². The molecular formula is C20H24N6O. The molecule has 0 saturated carbocycles. The zero-order chi connectivity index (χ0) is 18.6. The number of aromatic amines is 2. The fourth-order valence-corrected chi connectivity index (χ4v) is 3.68. The molecule has 0 radical (unpaired) electrons. The number of carbonyl (C=O) groups excluding carboxylic acids is 1. The van der Waals surface area contributed by atoms with E-state index in [2.05, 4.69) is 42.6 Å². The topological polar surface area (TPSA) is 90.9 Å². The van der Waals surface area contributed by atoms with Crippen molar-refractivity contribution in [1.82, 2.24) is 29.7 Å². The zero-order valence-electron chi connectivity index (χ0n) is 15.4. The molecule has 0 bridgehead atoms. The molecule has 7 nitrogen and oxygen atoms in total. The first kappa shape index (κ1) is 17.5. The minimum absolute atomic E-state index is 0.469. The van der Waals surface area contributed by atoms with Crippen LogP contribution in [0, 0.1) is 5.92 Å². The molecular weight excluding hydrogens is 340 g/mol. The SMILES string of the molecule is C[C@@H]1CCNC[C@@H]1c1ncc2cnc3[nH]ccc3n12.O=CCc1ccc[nH]1. The number of hydrogen-bond donors (Lipinski definition) is 3. The molecule has 0 spiro atoms. The summed E-state index contributed by atoms with van der Waals surface area (Å²) >= 11 is 0. The molecule has 3 N–H and O–H groups in total. The van der Waals surface area contributed by atoms with Gasteiger partial charge < -0.3 is 20.1 Å². The number of H-pyrrole nitrogens is 2. The molecule has 4 aromatic heterocycles. The second-order valence-corrected chi connectivity index (χ2v) is 6.99. The van der Waals surface area contributed by atoms with Crippen LogP contribution in [0.5, 0.6) is 0 Å². The smallest absolute Gasteiger partial charge is 0.154 e. The number of nitrogens with zero attached hydrogens (tertiary/aromatic N) is 3. The molecule has 5 rings (SSSR count). The molecule has 0 unspecified atom stereocenters. The third-order valence-electron chi connectivity index (χ3n) is 5.21. The van der Waals surface area contributed by atoms with E-state index >= 15 is 0 Å². The van der Waals surface area contributed by atoms with Gasteiger partial charge in [0.05, 0.1) is 23.4 Å². The summed E-state index contributed by atoms with van der Waals surface area (Å²) in [5.41, 5.74) is 4.07. The maximum absolute atomic E-state index is 9.85. The minimum atomic E-state index is 0.469. The van der Waals surface area contributed by atoms with Crippen molar-refractivity contribution in [2.24, 2.45) is 5.92 Å². The number of aldehydes is 1. The van der Waals surface area contributed by atoms with E-state index in [1.807, 2.05) is 30.7 Å². The average Bonchev–Trinajstić information content (AvgIpc) is 3.42. The fourth-order valence-electron chi connectivity index (χ4n) is 3.68. The Morgan fingerprint density at radius 2 is 2.11 bits per heavy atom. The predicted octanol–water partition coefficient (Wildman–Crippen LogP) is 2.68. The van der Waals surface area contributed by atoms with Crippen molar-refractivity contribution < 1.29 is 4.79 Å². The van der Waals surface area contributed by atoms with Crippen LogP contribution >= 0.6 is 0 Å². The zero-order valence-corrected chi connectivity index (χ0v) is 15.4. The molecule has 140 valence electrons. The Bertz CT molecular complexity index is 1020. The largest absolute Gasteiger partial charge is 0.365 e. The van der Waals surface area contributed by atoms with Gasteiger partial charge in [-0.2, -0.15) is 0 Å². The van der Waals surface area contributed by atoms with Crippen LogP contribution in [0.15, 0.2) is 43.0 Å². The van der Waals surface area contributed by atoms with Gasteiger partial charge in [-0.1, -0.05) is 6.92 Å². The van der Waals surface area contributed by atoms with Gasteiger partial charge in [0.1, 0.15) is 12.1 Å². The standard InChI is InChI=1S/C14H17N5.C6H7NO/c1-9-2-4-15-8-11(9)14-18-7-10-6-17-13-12(19(10)14)3-5-16-13;8-5-3-6-2-1-4-7-6/h3,5-7,9,11,15-16H,2,4,8H2,1H3;1-2,4-5,7H,3H2/t9-,11+;/m1./s1. The normalized spacial score (nSPS) is 19.7. The molecule has 0 aliphatic carbocycles. The Labute approximate surface area is 157 Å². The van der Waals surface area contributed by atoms with Crippen molar-refractivity contribution in [3.63, 3.8) is 0 Å². The van der Waals surface area contributed by atoms with Crippen molar-refractivity contribution in [3.8, 4) is 0 Å². The third-order valence-corrected chi connectivity index (χ3v) is 5.21. The van der Waals surface area contributed by atoms with Crippen molar-refractivity contribution in [1.29, 1.82) is 0 Å². The first-order valence-electron chi connectivity index (χ1n) is 9.34. The minimum Gasteiger partial charge on any atom is -0.365 e. The van der Waals surface area contributed by atoms with Gasteiger partial charge in [0.15, 0.2) is 5.65 Å². The molecule has 2 atom stereocenters. The summed E-state index contributed by atoms with van der Waals surface area (Å²) in [5.74, 6) is 2.28. The van der Waals surface area contributed by atoms with Crippen molar-refractivity contribution in [2.45, 2.75) is 25.7 Å². The highest BCUT2D eigenvalue weighted by molar-refractivity contribution is 5.75. The van der Waals surface area contributed by atoms with Gasteiger partial charge >= 0.3 is 0 Å². The Kier molecular flexibility index (Phi) is 5.02. The molecule has 5 heterocycles. The van der Waals surface area contributed by atoms with Crippen LogP contribution in [0.2, 0.25) is 0 Å².